The zero-order valence-corrected chi connectivity index (χ0v) is 17.2. The normalized spacial score (nSPS) is 16.3. The Kier molecular flexibility index (Phi) is 4.06. The number of ether oxygens (including phenoxy) is 4. The van der Waals surface area contributed by atoms with Gasteiger partial charge in [0.15, 0.2) is 4.90 Å². The van der Waals surface area contributed by atoms with Gasteiger partial charge in [-0.05, 0) is 18.2 Å². The number of carbonyl (C=O) groups excluding carboxylic acids is 1. The van der Waals surface area contributed by atoms with E-state index in [0.29, 0.717) is 17.7 Å². The molecule has 1 N–H and O–H groups in total. The van der Waals surface area contributed by atoms with E-state index in [1.165, 1.54) is 19.2 Å². The highest BCUT2D eigenvalue weighted by molar-refractivity contribution is 7.90. The smallest absolute Gasteiger partial charge is 0.283 e. The quantitative estimate of drug-likeness (QED) is 0.493. The second kappa shape index (κ2) is 9.56. The molecular formula is C20H22N4O7S. The molecule has 12 heteroatoms. The number of nitrogens with one attached hydrogen (secondary N) is 1. The van der Waals surface area contributed by atoms with Crippen LogP contribution in [0, 0.1) is 0 Å². The lowest BCUT2D eigenvalue weighted by Gasteiger charge is -2.16. The Bertz CT molecular complexity index is 1470. The first-order valence-corrected chi connectivity index (χ1v) is 10.1. The van der Waals surface area contributed by atoms with E-state index >= 15 is 0 Å². The molecule has 0 spiro atoms. The van der Waals surface area contributed by atoms with Crippen molar-refractivity contribution < 1.29 is 44.5 Å². The van der Waals surface area contributed by atoms with Gasteiger partial charge in [0.05, 0.1) is 47.1 Å². The van der Waals surface area contributed by atoms with E-state index in [1.54, 1.807) is 27.9 Å². The van der Waals surface area contributed by atoms with E-state index in [-0.39, 0.29) is 12.4 Å². The molecule has 2 aromatic heterocycles. The number of carbonyl (C=O) groups is 1. The lowest BCUT2D eigenvalue weighted by atomic mass is 10.2. The van der Waals surface area contributed by atoms with E-state index in [4.69, 9.17) is 26.5 Å². The minimum Gasteiger partial charge on any atom is -0.496 e. The first-order valence-electron chi connectivity index (χ1n) is 13.1. The van der Waals surface area contributed by atoms with Crippen molar-refractivity contribution in [2.24, 2.45) is 0 Å². The Labute approximate surface area is 197 Å². The summed E-state index contributed by atoms with van der Waals surface area (Å²) < 4.78 is 115. The first kappa shape index (κ1) is 13.6. The van der Waals surface area contributed by atoms with E-state index < -0.39 is 64.9 Å². The molecule has 1 amide bonds. The third-order valence-electron chi connectivity index (χ3n) is 4.08. The molecule has 0 aliphatic heterocycles. The number of hydrogen-bond acceptors (Lipinski definition) is 9. The maximum Gasteiger partial charge on any atom is 0.283 e. The Morgan fingerprint density at radius 2 is 1.84 bits per heavy atom. The summed E-state index contributed by atoms with van der Waals surface area (Å²) in [4.78, 5) is 15.7. The molecule has 170 valence electrons. The Morgan fingerprint density at radius 3 is 2.44 bits per heavy atom. The fraction of sp³-hybridized carbons (Fsp3) is 0.250. The Morgan fingerprint density at radius 1 is 1.12 bits per heavy atom. The van der Waals surface area contributed by atoms with E-state index in [1.807, 2.05) is 0 Å². The summed E-state index contributed by atoms with van der Waals surface area (Å²) in [7, 11) is -13.7. The van der Waals surface area contributed by atoms with E-state index in [9.17, 15) is 13.2 Å². The number of amides is 1. The highest BCUT2D eigenvalue weighted by atomic mass is 32.2. The third kappa shape index (κ3) is 4.75. The molecule has 11 nitrogen and oxygen atoms in total. The summed E-state index contributed by atoms with van der Waals surface area (Å²) in [6.45, 7) is 0.208. The molecular weight excluding hydrogens is 440 g/mol. The molecule has 0 aliphatic rings. The van der Waals surface area contributed by atoms with Crippen molar-refractivity contribution in [1.29, 1.82) is 0 Å². The molecule has 0 fully saturated rings. The van der Waals surface area contributed by atoms with Crippen LogP contribution in [0.3, 0.4) is 0 Å². The van der Waals surface area contributed by atoms with Crippen LogP contribution in [0.5, 0.6) is 23.1 Å². The van der Waals surface area contributed by atoms with Crippen molar-refractivity contribution in [3.05, 3.63) is 54.0 Å². The van der Waals surface area contributed by atoms with Crippen molar-refractivity contribution in [2.45, 2.75) is 11.4 Å². The van der Waals surface area contributed by atoms with Crippen molar-refractivity contribution in [1.82, 2.24) is 19.5 Å². The highest BCUT2D eigenvalue weighted by Crippen LogP contribution is 2.37. The van der Waals surface area contributed by atoms with Crippen LogP contribution in [-0.2, 0) is 16.6 Å². The number of methoxy groups -OCH3 is 4. The molecule has 0 atom stereocenters. The summed E-state index contributed by atoms with van der Waals surface area (Å²) in [5, 5.41) is 4.05. The topological polar surface area (TPSA) is 131 Å². The minimum atomic E-state index is -5.19. The van der Waals surface area contributed by atoms with Crippen LogP contribution in [0.4, 0.5) is 0 Å². The molecule has 1 aromatic carbocycles. The summed E-state index contributed by atoms with van der Waals surface area (Å²) in [6.07, 6.45) is 3.21. The van der Waals surface area contributed by atoms with Gasteiger partial charge in [0.25, 0.3) is 15.9 Å². The Hall–Kier alpha value is -3.80. The van der Waals surface area contributed by atoms with Gasteiger partial charge in [-0.15, -0.1) is 0 Å². The van der Waals surface area contributed by atoms with Gasteiger partial charge >= 0.3 is 0 Å². The predicted octanol–water partition coefficient (Wildman–Crippen LogP) is 1.48. The molecule has 0 radical (unpaired) electrons. The second-order valence-electron chi connectivity index (χ2n) is 6.06. The number of rotatable bonds is 9. The molecule has 0 bridgehead atoms. The summed E-state index contributed by atoms with van der Waals surface area (Å²) >= 11 is 0. The average Bonchev–Trinajstić information content (AvgIpc) is 3.28. The number of benzene rings is 1. The number of aromatic nitrogens is 3. The zero-order valence-electron chi connectivity index (χ0n) is 25.4. The summed E-state index contributed by atoms with van der Waals surface area (Å²) in [5.74, 6) is -4.25. The van der Waals surface area contributed by atoms with Gasteiger partial charge in [-0.3, -0.25) is 9.48 Å². The molecule has 0 unspecified atom stereocenters. The van der Waals surface area contributed by atoms with Crippen LogP contribution < -0.4 is 23.7 Å². The fourth-order valence-electron chi connectivity index (χ4n) is 2.71. The van der Waals surface area contributed by atoms with Crippen molar-refractivity contribution >= 4 is 15.9 Å². The zero-order chi connectivity index (χ0) is 30.8. The fourth-order valence-corrected chi connectivity index (χ4v) is 3.90. The average molecular weight is 472 g/mol. The molecule has 3 rings (SSSR count). The summed E-state index contributed by atoms with van der Waals surface area (Å²) in [6, 6.07) is 5.45. The van der Waals surface area contributed by atoms with Crippen LogP contribution in [0.2, 0.25) is 0 Å². The number of pyridine rings is 1. The second-order valence-corrected chi connectivity index (χ2v) is 7.68. The van der Waals surface area contributed by atoms with E-state index in [2.05, 4.69) is 14.8 Å². The van der Waals surface area contributed by atoms with Crippen LogP contribution in [0.1, 0.15) is 28.4 Å². The standard InChI is InChI=1S/C20H22N4O7S/c1-28-14-10-16(29-2)18(17(11-14)30-3)32(26,27)23-19(25)15-7-6-13(20(22-15)31-4)12-24-9-5-8-21-24/h5-11H,12H2,1-4H3,(H,23,25)/i1D3,2D3,3D3. The number of nitrogens with zero attached hydrogens (tertiary/aromatic N) is 3. The van der Waals surface area contributed by atoms with Crippen molar-refractivity contribution in [2.75, 3.05) is 28.2 Å². The molecule has 0 aliphatic carbocycles. The molecule has 0 saturated carbocycles. The van der Waals surface area contributed by atoms with Crippen LogP contribution >= 0.6 is 0 Å². The summed E-state index contributed by atoms with van der Waals surface area (Å²) in [5.41, 5.74) is 0.0377. The minimum absolute atomic E-state index is 0.0328. The molecule has 32 heavy (non-hydrogen) atoms. The number of sulfonamides is 1. The lowest BCUT2D eigenvalue weighted by Crippen LogP contribution is -2.32. The van der Waals surface area contributed by atoms with Gasteiger partial charge < -0.3 is 18.9 Å². The van der Waals surface area contributed by atoms with Gasteiger partial charge in [0.1, 0.15) is 22.9 Å². The van der Waals surface area contributed by atoms with Crippen molar-refractivity contribution in [3.8, 4) is 23.1 Å². The Balaban J connectivity index is 2.07. The number of hydrogen-bond donors (Lipinski definition) is 1. The van der Waals surface area contributed by atoms with Crippen LogP contribution in [0.15, 0.2) is 47.6 Å². The van der Waals surface area contributed by atoms with Gasteiger partial charge in [-0.25, -0.2) is 18.1 Å². The maximum absolute atomic E-state index is 13.4. The van der Waals surface area contributed by atoms with Gasteiger partial charge in [0.2, 0.25) is 5.88 Å². The monoisotopic (exact) mass is 471 g/mol. The first-order chi connectivity index (χ1) is 18.8. The van der Waals surface area contributed by atoms with Crippen LogP contribution in [-0.4, -0.2) is 57.3 Å². The lowest BCUT2D eigenvalue weighted by molar-refractivity contribution is 0.0975. The third-order valence-corrected chi connectivity index (χ3v) is 5.48. The largest absolute Gasteiger partial charge is 0.496 e. The molecule has 2 heterocycles. The predicted molar refractivity (Wildman–Crippen MR) is 113 cm³/mol. The van der Waals surface area contributed by atoms with Gasteiger partial charge in [-0.2, -0.15) is 5.10 Å². The van der Waals surface area contributed by atoms with Crippen LogP contribution in [0.25, 0.3) is 0 Å². The van der Waals surface area contributed by atoms with Gasteiger partial charge in [-0.1, -0.05) is 0 Å². The molecule has 0 saturated heterocycles. The van der Waals surface area contributed by atoms with Gasteiger partial charge in [0, 0.05) is 30.1 Å². The molecule has 3 aromatic rings. The maximum atomic E-state index is 13.4. The highest BCUT2D eigenvalue weighted by Gasteiger charge is 2.29. The van der Waals surface area contributed by atoms with E-state index in [0.717, 1.165) is 0 Å². The van der Waals surface area contributed by atoms with Crippen molar-refractivity contribution in [3.63, 3.8) is 0 Å². The SMILES string of the molecule is [2H]C([2H])([2H])Oc1cc(OC([2H])([2H])[2H])c(S(=O)(=O)NC(=O)c2ccc(Cn3cccn3)c(OC)n2)c(OC([2H])([2H])[2H])c1.